The monoisotopic (exact) mass is 282 g/mol. The fourth-order valence-electron chi connectivity index (χ4n) is 2.20. The molecule has 1 saturated heterocycles. The van der Waals surface area contributed by atoms with E-state index in [1.807, 2.05) is 25.7 Å². The van der Waals surface area contributed by atoms with Crippen LogP contribution in [0.2, 0.25) is 0 Å². The van der Waals surface area contributed by atoms with Gasteiger partial charge >= 0.3 is 0 Å². The molecule has 2 rings (SSSR count). The highest BCUT2D eigenvalue weighted by atomic mass is 32.1. The van der Waals surface area contributed by atoms with Crippen molar-refractivity contribution < 1.29 is 4.79 Å². The molecule has 1 aliphatic rings. The number of thiazole rings is 1. The number of amides is 1. The Kier molecular flexibility index (Phi) is 5.30. The maximum Gasteiger partial charge on any atom is 0.236 e. The zero-order chi connectivity index (χ0) is 13.7. The fourth-order valence-corrected chi connectivity index (χ4v) is 2.77. The van der Waals surface area contributed by atoms with Crippen LogP contribution in [0.25, 0.3) is 0 Å². The summed E-state index contributed by atoms with van der Waals surface area (Å²) in [5.41, 5.74) is 0. The Morgan fingerprint density at radius 3 is 2.84 bits per heavy atom. The van der Waals surface area contributed by atoms with E-state index in [-0.39, 0.29) is 5.91 Å². The first kappa shape index (κ1) is 14.4. The molecule has 6 heteroatoms. The number of aromatic nitrogens is 1. The maximum absolute atomic E-state index is 11.6. The lowest BCUT2D eigenvalue weighted by atomic mass is 10.1. The largest absolute Gasteiger partial charge is 0.348 e. The van der Waals surface area contributed by atoms with E-state index in [0.29, 0.717) is 12.6 Å². The second-order valence-electron chi connectivity index (χ2n) is 5.15. The molecule has 0 saturated carbocycles. The van der Waals surface area contributed by atoms with Gasteiger partial charge in [-0.15, -0.1) is 11.3 Å². The van der Waals surface area contributed by atoms with Crippen molar-refractivity contribution in [1.82, 2.24) is 20.1 Å². The molecule has 2 heterocycles. The second-order valence-corrected chi connectivity index (χ2v) is 6.12. The van der Waals surface area contributed by atoms with Crippen molar-refractivity contribution >= 4 is 17.2 Å². The van der Waals surface area contributed by atoms with Crippen LogP contribution in [-0.2, 0) is 11.3 Å². The molecule has 0 aliphatic carbocycles. The van der Waals surface area contributed by atoms with E-state index >= 15 is 0 Å². The van der Waals surface area contributed by atoms with Gasteiger partial charge in [0.1, 0.15) is 5.01 Å². The lowest BCUT2D eigenvalue weighted by Gasteiger charge is -2.32. The van der Waals surface area contributed by atoms with Gasteiger partial charge in [-0.25, -0.2) is 4.98 Å². The van der Waals surface area contributed by atoms with Gasteiger partial charge in [0.2, 0.25) is 5.91 Å². The van der Waals surface area contributed by atoms with E-state index in [2.05, 4.69) is 15.2 Å². The fraction of sp³-hybridized carbons (Fsp3) is 0.692. The van der Waals surface area contributed by atoms with Gasteiger partial charge in [0.15, 0.2) is 0 Å². The van der Waals surface area contributed by atoms with Crippen LogP contribution in [-0.4, -0.2) is 60.5 Å². The minimum atomic E-state index is 0.189. The second kappa shape index (κ2) is 6.98. The number of carbonyl (C=O) groups excluding carboxylic acids is 1. The quantitative estimate of drug-likeness (QED) is 0.867. The highest BCUT2D eigenvalue weighted by molar-refractivity contribution is 7.09. The Bertz CT molecular complexity index is 385. The van der Waals surface area contributed by atoms with E-state index in [1.165, 1.54) is 0 Å². The Balaban J connectivity index is 1.66. The van der Waals surface area contributed by atoms with Crippen LogP contribution in [0.3, 0.4) is 0 Å². The molecule has 1 aromatic heterocycles. The van der Waals surface area contributed by atoms with Crippen molar-refractivity contribution in [2.45, 2.75) is 25.4 Å². The number of nitrogens with one attached hydrogen (secondary N) is 1. The topological polar surface area (TPSA) is 48.5 Å². The summed E-state index contributed by atoms with van der Waals surface area (Å²) < 4.78 is 0. The molecule has 1 aromatic rings. The Morgan fingerprint density at radius 1 is 1.53 bits per heavy atom. The third-order valence-electron chi connectivity index (χ3n) is 3.47. The zero-order valence-corrected chi connectivity index (χ0v) is 12.4. The molecule has 0 radical (unpaired) electrons. The van der Waals surface area contributed by atoms with Gasteiger partial charge in [-0.2, -0.15) is 0 Å². The molecule has 1 aliphatic heterocycles. The average Bonchev–Trinajstić information content (AvgIpc) is 2.91. The highest BCUT2D eigenvalue weighted by Gasteiger charge is 2.21. The molecule has 1 N–H and O–H groups in total. The summed E-state index contributed by atoms with van der Waals surface area (Å²) in [6.07, 6.45) is 4.05. The molecular formula is C13H22N4OS. The van der Waals surface area contributed by atoms with Gasteiger partial charge in [0, 0.05) is 51.3 Å². The number of rotatable bonds is 5. The summed E-state index contributed by atoms with van der Waals surface area (Å²) in [7, 11) is 3.62. The molecule has 0 atom stereocenters. The summed E-state index contributed by atoms with van der Waals surface area (Å²) in [5, 5.41) is 6.70. The van der Waals surface area contributed by atoms with Crippen molar-refractivity contribution in [3.63, 3.8) is 0 Å². The first-order valence-electron chi connectivity index (χ1n) is 6.69. The van der Waals surface area contributed by atoms with Crippen LogP contribution in [0, 0.1) is 0 Å². The number of likely N-dealkylation sites (N-methyl/N-ethyl adjacent to an activating group) is 1. The van der Waals surface area contributed by atoms with Crippen LogP contribution >= 0.6 is 11.3 Å². The molecule has 0 aromatic carbocycles. The number of likely N-dealkylation sites (tertiary alicyclic amines) is 1. The standard InChI is InChI=1S/C13H22N4OS/c1-16(2)13(18)10-17-6-3-11(4-7-17)15-9-12-14-5-8-19-12/h5,8,11,15H,3-4,6-7,9-10H2,1-2H3. The first-order valence-corrected chi connectivity index (χ1v) is 7.57. The van der Waals surface area contributed by atoms with E-state index in [0.717, 1.165) is 37.5 Å². The molecule has 5 nitrogen and oxygen atoms in total. The minimum absolute atomic E-state index is 0.189. The lowest BCUT2D eigenvalue weighted by molar-refractivity contribution is -0.130. The van der Waals surface area contributed by atoms with Crippen molar-refractivity contribution in [3.05, 3.63) is 16.6 Å². The molecule has 1 amide bonds. The van der Waals surface area contributed by atoms with Crippen LogP contribution in [0.1, 0.15) is 17.8 Å². The Labute approximate surface area is 118 Å². The van der Waals surface area contributed by atoms with E-state index in [9.17, 15) is 4.79 Å². The van der Waals surface area contributed by atoms with Gasteiger partial charge in [-0.1, -0.05) is 0 Å². The van der Waals surface area contributed by atoms with Crippen LogP contribution in [0.4, 0.5) is 0 Å². The van der Waals surface area contributed by atoms with Gasteiger partial charge in [0.25, 0.3) is 0 Å². The molecule has 0 bridgehead atoms. The van der Waals surface area contributed by atoms with Crippen molar-refractivity contribution in [3.8, 4) is 0 Å². The maximum atomic E-state index is 11.6. The summed E-state index contributed by atoms with van der Waals surface area (Å²) in [6, 6.07) is 0.551. The molecule has 1 fully saturated rings. The number of piperidine rings is 1. The number of hydrogen-bond donors (Lipinski definition) is 1. The molecule has 19 heavy (non-hydrogen) atoms. The summed E-state index contributed by atoms with van der Waals surface area (Å²) in [5.74, 6) is 0.189. The highest BCUT2D eigenvalue weighted by Crippen LogP contribution is 2.12. The predicted octanol–water partition coefficient (Wildman–Crippen LogP) is 0.785. The summed E-state index contributed by atoms with van der Waals surface area (Å²) in [4.78, 5) is 19.8. The van der Waals surface area contributed by atoms with Crippen LogP contribution in [0.5, 0.6) is 0 Å². The van der Waals surface area contributed by atoms with Crippen molar-refractivity contribution in [2.75, 3.05) is 33.7 Å². The van der Waals surface area contributed by atoms with Crippen LogP contribution < -0.4 is 5.32 Å². The molecule has 0 unspecified atom stereocenters. The van der Waals surface area contributed by atoms with E-state index < -0.39 is 0 Å². The SMILES string of the molecule is CN(C)C(=O)CN1CCC(NCc2nccs2)CC1. The van der Waals surface area contributed by atoms with Gasteiger partial charge < -0.3 is 10.2 Å². The molecule has 0 spiro atoms. The Hall–Kier alpha value is -0.980. The Morgan fingerprint density at radius 2 is 2.26 bits per heavy atom. The van der Waals surface area contributed by atoms with Gasteiger partial charge in [-0.05, 0) is 12.8 Å². The number of nitrogens with zero attached hydrogens (tertiary/aromatic N) is 3. The third-order valence-corrected chi connectivity index (χ3v) is 4.25. The first-order chi connectivity index (χ1) is 9.15. The molecular weight excluding hydrogens is 260 g/mol. The minimum Gasteiger partial charge on any atom is -0.348 e. The summed E-state index contributed by atoms with van der Waals surface area (Å²) >= 11 is 1.69. The van der Waals surface area contributed by atoms with Crippen molar-refractivity contribution in [2.24, 2.45) is 0 Å². The zero-order valence-electron chi connectivity index (χ0n) is 11.6. The number of hydrogen-bond acceptors (Lipinski definition) is 5. The van der Waals surface area contributed by atoms with Crippen LogP contribution in [0.15, 0.2) is 11.6 Å². The average molecular weight is 282 g/mol. The van der Waals surface area contributed by atoms with E-state index in [1.54, 1.807) is 16.2 Å². The molecule has 106 valence electrons. The lowest BCUT2D eigenvalue weighted by Crippen LogP contribution is -2.45. The van der Waals surface area contributed by atoms with Crippen molar-refractivity contribution in [1.29, 1.82) is 0 Å². The summed E-state index contributed by atoms with van der Waals surface area (Å²) in [6.45, 7) is 3.40. The van der Waals surface area contributed by atoms with Gasteiger partial charge in [0.05, 0.1) is 6.54 Å². The number of carbonyl (C=O) groups is 1. The normalized spacial score (nSPS) is 17.6. The van der Waals surface area contributed by atoms with Gasteiger partial charge in [-0.3, -0.25) is 9.69 Å². The van der Waals surface area contributed by atoms with E-state index in [4.69, 9.17) is 0 Å². The smallest absolute Gasteiger partial charge is 0.236 e. The predicted molar refractivity (Wildman–Crippen MR) is 77.1 cm³/mol. The third kappa shape index (κ3) is 4.56.